The molecule has 9 heteroatoms. The molecule has 0 N–H and O–H groups in total. The number of fused-ring (bicyclic) bond motifs is 1. The number of para-hydroxylation sites is 2. The molecule has 1 saturated heterocycles. The molecule has 1 aromatic carbocycles. The Morgan fingerprint density at radius 2 is 1.83 bits per heavy atom. The van der Waals surface area contributed by atoms with Crippen molar-refractivity contribution < 1.29 is 13.2 Å². The maximum atomic E-state index is 12.7. The monoisotopic (exact) mass is 438 g/mol. The van der Waals surface area contributed by atoms with E-state index < -0.39 is 10.0 Å². The smallest absolute Gasteiger partial charge is 0.233 e. The van der Waals surface area contributed by atoms with Gasteiger partial charge in [0.05, 0.1) is 23.0 Å². The third-order valence-corrected chi connectivity index (χ3v) is 7.50. The van der Waals surface area contributed by atoms with Crippen LogP contribution in [0.5, 0.6) is 0 Å². The molecule has 1 amide bonds. The fourth-order valence-electron chi connectivity index (χ4n) is 3.56. The maximum absolute atomic E-state index is 12.7. The third kappa shape index (κ3) is 5.73. The highest BCUT2D eigenvalue weighted by Gasteiger charge is 2.26. The number of unbranched alkanes of at least 4 members (excludes halogenated alkanes) is 3. The highest BCUT2D eigenvalue weighted by Crippen LogP contribution is 2.25. The van der Waals surface area contributed by atoms with Crippen LogP contribution in [0.25, 0.3) is 11.0 Å². The quantitative estimate of drug-likeness (QED) is 0.445. The Labute approximate surface area is 177 Å². The van der Waals surface area contributed by atoms with Crippen LogP contribution in [0.15, 0.2) is 29.4 Å². The zero-order chi connectivity index (χ0) is 20.9. The number of aryl methyl sites for hydroxylation is 1. The van der Waals surface area contributed by atoms with Crippen molar-refractivity contribution in [3.05, 3.63) is 24.3 Å². The van der Waals surface area contributed by atoms with Gasteiger partial charge in [0.1, 0.15) is 0 Å². The zero-order valence-electron chi connectivity index (χ0n) is 17.2. The van der Waals surface area contributed by atoms with Crippen molar-refractivity contribution in [2.24, 2.45) is 0 Å². The van der Waals surface area contributed by atoms with Crippen LogP contribution in [0, 0.1) is 0 Å². The second kappa shape index (κ2) is 9.95. The fourth-order valence-corrected chi connectivity index (χ4v) is 5.33. The maximum Gasteiger partial charge on any atom is 0.233 e. The second-order valence-corrected chi connectivity index (χ2v) is 10.4. The average molecular weight is 439 g/mol. The largest absolute Gasteiger partial charge is 0.339 e. The van der Waals surface area contributed by atoms with Gasteiger partial charge >= 0.3 is 0 Å². The number of thioether (sulfide) groups is 1. The van der Waals surface area contributed by atoms with Crippen LogP contribution in [0.1, 0.15) is 32.6 Å². The van der Waals surface area contributed by atoms with Gasteiger partial charge in [-0.15, -0.1) is 0 Å². The molecule has 1 aromatic heterocycles. The fraction of sp³-hybridized carbons (Fsp3) is 0.600. The molecule has 0 saturated carbocycles. The first-order valence-electron chi connectivity index (χ1n) is 10.2. The number of hydrogen-bond donors (Lipinski definition) is 0. The zero-order valence-corrected chi connectivity index (χ0v) is 18.8. The summed E-state index contributed by atoms with van der Waals surface area (Å²) in [4.78, 5) is 19.1. The SMILES string of the molecule is CCCCCCn1c(SCC(=O)N2CCN(S(C)(=O)=O)CC2)nc2ccccc21. The summed E-state index contributed by atoms with van der Waals surface area (Å²) < 4.78 is 26.9. The van der Waals surface area contributed by atoms with E-state index in [9.17, 15) is 13.2 Å². The van der Waals surface area contributed by atoms with Crippen molar-refractivity contribution in [1.29, 1.82) is 0 Å². The molecule has 29 heavy (non-hydrogen) atoms. The Morgan fingerprint density at radius 1 is 1.10 bits per heavy atom. The van der Waals surface area contributed by atoms with E-state index in [0.717, 1.165) is 29.2 Å². The Kier molecular flexibility index (Phi) is 7.59. The number of sulfonamides is 1. The lowest BCUT2D eigenvalue weighted by Gasteiger charge is -2.33. The molecule has 3 rings (SSSR count). The molecule has 1 aliphatic heterocycles. The summed E-state index contributed by atoms with van der Waals surface area (Å²) in [5.41, 5.74) is 2.07. The van der Waals surface area contributed by atoms with E-state index in [1.807, 2.05) is 18.2 Å². The van der Waals surface area contributed by atoms with Crippen molar-refractivity contribution in [2.45, 2.75) is 44.3 Å². The van der Waals surface area contributed by atoms with Crippen molar-refractivity contribution in [1.82, 2.24) is 18.8 Å². The van der Waals surface area contributed by atoms with Gasteiger partial charge in [-0.1, -0.05) is 50.1 Å². The van der Waals surface area contributed by atoms with Crippen LogP contribution in [-0.2, 0) is 21.4 Å². The molecule has 0 bridgehead atoms. The minimum Gasteiger partial charge on any atom is -0.339 e. The summed E-state index contributed by atoms with van der Waals surface area (Å²) >= 11 is 1.47. The number of carbonyl (C=O) groups is 1. The van der Waals surface area contributed by atoms with Crippen LogP contribution in [0.3, 0.4) is 0 Å². The number of nitrogens with zero attached hydrogens (tertiary/aromatic N) is 4. The summed E-state index contributed by atoms with van der Waals surface area (Å²) in [5, 5.41) is 0.880. The van der Waals surface area contributed by atoms with Crippen LogP contribution in [0.4, 0.5) is 0 Å². The first-order chi connectivity index (χ1) is 13.9. The van der Waals surface area contributed by atoms with Gasteiger partial charge in [-0.3, -0.25) is 4.79 Å². The number of piperazine rings is 1. The van der Waals surface area contributed by atoms with E-state index in [-0.39, 0.29) is 5.91 Å². The lowest BCUT2D eigenvalue weighted by atomic mass is 10.2. The third-order valence-electron chi connectivity index (χ3n) is 5.24. The van der Waals surface area contributed by atoms with Crippen molar-refractivity contribution in [3.8, 4) is 0 Å². The van der Waals surface area contributed by atoms with E-state index in [4.69, 9.17) is 4.98 Å². The normalized spacial score (nSPS) is 15.9. The number of amides is 1. The van der Waals surface area contributed by atoms with Gasteiger partial charge in [-0.25, -0.2) is 13.4 Å². The van der Waals surface area contributed by atoms with E-state index in [2.05, 4.69) is 17.6 Å². The second-order valence-electron chi connectivity index (χ2n) is 7.43. The minimum atomic E-state index is -3.19. The van der Waals surface area contributed by atoms with Gasteiger partial charge in [0.2, 0.25) is 15.9 Å². The summed E-state index contributed by atoms with van der Waals surface area (Å²) in [6.07, 6.45) is 5.94. The molecule has 1 aliphatic rings. The van der Waals surface area contributed by atoms with Crippen molar-refractivity contribution in [3.63, 3.8) is 0 Å². The van der Waals surface area contributed by atoms with Gasteiger partial charge in [0.15, 0.2) is 5.16 Å². The highest BCUT2D eigenvalue weighted by molar-refractivity contribution is 7.99. The molecule has 0 unspecified atom stereocenters. The van der Waals surface area contributed by atoms with E-state index in [1.54, 1.807) is 4.90 Å². The number of benzene rings is 1. The van der Waals surface area contributed by atoms with E-state index >= 15 is 0 Å². The standard InChI is InChI=1S/C20H30N4O3S2/c1-3-4-5-8-11-24-18-10-7-6-9-17(18)21-20(24)28-16-19(25)22-12-14-23(15-13-22)29(2,26)27/h6-7,9-10H,3-5,8,11-16H2,1-2H3. The molecule has 1 fully saturated rings. The summed E-state index contributed by atoms with van der Waals surface area (Å²) in [7, 11) is -3.19. The van der Waals surface area contributed by atoms with Crippen LogP contribution >= 0.6 is 11.8 Å². The van der Waals surface area contributed by atoms with Gasteiger partial charge < -0.3 is 9.47 Å². The Balaban J connectivity index is 1.62. The molecule has 0 spiro atoms. The van der Waals surface area contributed by atoms with E-state index in [1.165, 1.54) is 41.6 Å². The number of hydrogen-bond acceptors (Lipinski definition) is 5. The molecule has 7 nitrogen and oxygen atoms in total. The predicted molar refractivity (Wildman–Crippen MR) is 118 cm³/mol. The number of carbonyl (C=O) groups excluding carboxylic acids is 1. The first kappa shape index (κ1) is 22.1. The van der Waals surface area contributed by atoms with Gasteiger partial charge in [-0.2, -0.15) is 4.31 Å². The molecule has 160 valence electrons. The summed E-state index contributed by atoms with van der Waals surface area (Å²) in [6.45, 7) is 4.73. The van der Waals surface area contributed by atoms with Gasteiger partial charge in [0.25, 0.3) is 0 Å². The Morgan fingerprint density at radius 3 is 2.52 bits per heavy atom. The summed E-state index contributed by atoms with van der Waals surface area (Å²) in [6, 6.07) is 8.09. The predicted octanol–water partition coefficient (Wildman–Crippen LogP) is 2.81. The topological polar surface area (TPSA) is 75.5 Å². The molecule has 2 aromatic rings. The molecule has 0 atom stereocenters. The number of imidazole rings is 1. The molecule has 0 aliphatic carbocycles. The Hall–Kier alpha value is -1.58. The lowest BCUT2D eigenvalue weighted by Crippen LogP contribution is -2.50. The lowest BCUT2D eigenvalue weighted by molar-refractivity contribution is -0.129. The van der Waals surface area contributed by atoms with E-state index in [0.29, 0.717) is 31.9 Å². The highest BCUT2D eigenvalue weighted by atomic mass is 32.2. The average Bonchev–Trinajstić information content (AvgIpc) is 3.06. The van der Waals surface area contributed by atoms with Crippen LogP contribution in [0.2, 0.25) is 0 Å². The minimum absolute atomic E-state index is 0.0349. The molecular weight excluding hydrogens is 408 g/mol. The summed E-state index contributed by atoms with van der Waals surface area (Å²) in [5.74, 6) is 0.352. The van der Waals surface area contributed by atoms with Crippen molar-refractivity contribution >= 4 is 38.7 Å². The first-order valence-corrected chi connectivity index (χ1v) is 13.0. The van der Waals surface area contributed by atoms with Gasteiger partial charge in [-0.05, 0) is 18.6 Å². The van der Waals surface area contributed by atoms with Crippen LogP contribution in [-0.4, -0.2) is 71.3 Å². The van der Waals surface area contributed by atoms with Gasteiger partial charge in [0, 0.05) is 32.7 Å². The molecule has 0 radical (unpaired) electrons. The number of rotatable bonds is 9. The van der Waals surface area contributed by atoms with Crippen molar-refractivity contribution in [2.75, 3.05) is 38.2 Å². The molecule has 2 heterocycles. The Bertz CT molecular complexity index is 934. The van der Waals surface area contributed by atoms with Crippen LogP contribution < -0.4 is 0 Å². The molecular formula is C20H30N4O3S2. The number of aromatic nitrogens is 2.